The van der Waals surface area contributed by atoms with E-state index in [0.717, 1.165) is 30.8 Å². The van der Waals surface area contributed by atoms with Gasteiger partial charge in [-0.3, -0.25) is 4.79 Å². The third-order valence-corrected chi connectivity index (χ3v) is 3.42. The molecule has 0 N–H and O–H groups in total. The Labute approximate surface area is 99.6 Å². The highest BCUT2D eigenvalue weighted by atomic mass is 16.1. The minimum Gasteiger partial charge on any atom is -0.294 e. The molecular weight excluding hydrogens is 196 g/mol. The van der Waals surface area contributed by atoms with Crippen molar-refractivity contribution in [1.82, 2.24) is 0 Å². The van der Waals surface area contributed by atoms with Crippen LogP contribution in [0.15, 0.2) is 22.8 Å². The number of carbonyl (C=O) groups is 1. The first-order valence-corrected chi connectivity index (χ1v) is 6.36. The average molecular weight is 220 g/mol. The standard InChI is InChI=1S/C15H24O/c1-11(2)14-9-8-12(3)6-5-7-13(4)10-15(14)16/h7,12H,5-6,8-10H2,1-4H3. The Morgan fingerprint density at radius 3 is 2.62 bits per heavy atom. The highest BCUT2D eigenvalue weighted by molar-refractivity contribution is 5.97. The lowest BCUT2D eigenvalue weighted by Gasteiger charge is -2.15. The van der Waals surface area contributed by atoms with Crippen LogP contribution in [0.25, 0.3) is 0 Å². The number of hydrogen-bond acceptors (Lipinski definition) is 1. The van der Waals surface area contributed by atoms with E-state index >= 15 is 0 Å². The smallest absolute Gasteiger partial charge is 0.162 e. The number of Topliss-reactive ketones (excluding diaryl/α,β-unsaturated/α-hetero) is 1. The van der Waals surface area contributed by atoms with Crippen molar-refractivity contribution in [2.75, 3.05) is 0 Å². The second kappa shape index (κ2) is 6.03. The summed E-state index contributed by atoms with van der Waals surface area (Å²) in [4.78, 5) is 12.1. The normalized spacial score (nSPS) is 24.0. The highest BCUT2D eigenvalue weighted by Crippen LogP contribution is 2.24. The Morgan fingerprint density at radius 1 is 1.31 bits per heavy atom. The van der Waals surface area contributed by atoms with E-state index in [-0.39, 0.29) is 0 Å². The van der Waals surface area contributed by atoms with Gasteiger partial charge in [-0.25, -0.2) is 0 Å². The van der Waals surface area contributed by atoms with Gasteiger partial charge < -0.3 is 0 Å². The molecule has 1 aliphatic rings. The van der Waals surface area contributed by atoms with Gasteiger partial charge in [0.2, 0.25) is 0 Å². The second-order valence-corrected chi connectivity index (χ2v) is 5.35. The number of ketones is 1. The van der Waals surface area contributed by atoms with Crippen LogP contribution in [0.2, 0.25) is 0 Å². The molecule has 1 aliphatic carbocycles. The Hall–Kier alpha value is -0.850. The minimum absolute atomic E-state index is 0.336. The quantitative estimate of drug-likeness (QED) is 0.436. The van der Waals surface area contributed by atoms with Crippen LogP contribution in [0, 0.1) is 5.92 Å². The molecule has 90 valence electrons. The molecule has 1 heteroatoms. The van der Waals surface area contributed by atoms with Crippen LogP contribution in [0.5, 0.6) is 0 Å². The Balaban J connectivity index is 2.88. The van der Waals surface area contributed by atoms with Gasteiger partial charge in [0.25, 0.3) is 0 Å². The van der Waals surface area contributed by atoms with Crippen molar-refractivity contribution in [2.45, 2.75) is 59.8 Å². The fourth-order valence-electron chi connectivity index (χ4n) is 2.25. The van der Waals surface area contributed by atoms with Gasteiger partial charge in [-0.2, -0.15) is 0 Å². The molecule has 1 rings (SSSR count). The molecule has 0 saturated carbocycles. The minimum atomic E-state index is 0.336. The summed E-state index contributed by atoms with van der Waals surface area (Å²) in [6.45, 7) is 8.48. The fraction of sp³-hybridized carbons (Fsp3) is 0.667. The molecule has 0 radical (unpaired) electrons. The Kier molecular flexibility index (Phi) is 4.98. The lowest BCUT2D eigenvalue weighted by Crippen LogP contribution is -2.08. The monoisotopic (exact) mass is 220 g/mol. The van der Waals surface area contributed by atoms with Gasteiger partial charge in [-0.1, -0.05) is 24.1 Å². The van der Waals surface area contributed by atoms with Gasteiger partial charge in [0.05, 0.1) is 0 Å². The molecule has 0 aromatic heterocycles. The van der Waals surface area contributed by atoms with Crippen LogP contribution in [0.4, 0.5) is 0 Å². The number of carbonyl (C=O) groups excluding carboxylic acids is 1. The van der Waals surface area contributed by atoms with E-state index in [9.17, 15) is 4.79 Å². The molecule has 0 bridgehead atoms. The van der Waals surface area contributed by atoms with Crippen molar-refractivity contribution >= 4 is 5.78 Å². The summed E-state index contributed by atoms with van der Waals surface area (Å²) in [5.74, 6) is 1.06. The molecular formula is C15H24O. The summed E-state index contributed by atoms with van der Waals surface area (Å²) in [6, 6.07) is 0. The first kappa shape index (κ1) is 13.2. The summed E-state index contributed by atoms with van der Waals surface area (Å²) in [6.07, 6.45) is 7.36. The van der Waals surface area contributed by atoms with Gasteiger partial charge in [0, 0.05) is 6.42 Å². The SMILES string of the molecule is CC1=CCCC(C)CCC(=C(C)C)C(=O)C1. The maximum Gasteiger partial charge on any atom is 0.162 e. The molecule has 1 atom stereocenters. The molecule has 0 aromatic carbocycles. The molecule has 0 aromatic rings. The van der Waals surface area contributed by atoms with Gasteiger partial charge in [0.15, 0.2) is 5.78 Å². The molecule has 1 unspecified atom stereocenters. The zero-order valence-electron chi connectivity index (χ0n) is 11.1. The van der Waals surface area contributed by atoms with Gasteiger partial charge in [-0.15, -0.1) is 0 Å². The first-order valence-electron chi connectivity index (χ1n) is 6.36. The molecule has 0 saturated heterocycles. The predicted octanol–water partition coefficient (Wildman–Crippen LogP) is 4.44. The maximum absolute atomic E-state index is 12.1. The number of allylic oxidation sites excluding steroid dienone is 4. The fourth-order valence-corrected chi connectivity index (χ4v) is 2.25. The van der Waals surface area contributed by atoms with Crippen molar-refractivity contribution in [3.8, 4) is 0 Å². The van der Waals surface area contributed by atoms with Crippen molar-refractivity contribution in [3.63, 3.8) is 0 Å². The zero-order chi connectivity index (χ0) is 12.1. The van der Waals surface area contributed by atoms with E-state index in [0.29, 0.717) is 12.2 Å². The molecule has 0 aliphatic heterocycles. The van der Waals surface area contributed by atoms with Crippen LogP contribution >= 0.6 is 0 Å². The van der Waals surface area contributed by atoms with Crippen LogP contribution < -0.4 is 0 Å². The summed E-state index contributed by atoms with van der Waals surface area (Å²) in [5.41, 5.74) is 3.50. The van der Waals surface area contributed by atoms with Crippen LogP contribution in [0.3, 0.4) is 0 Å². The lowest BCUT2D eigenvalue weighted by atomic mass is 9.89. The highest BCUT2D eigenvalue weighted by Gasteiger charge is 2.14. The van der Waals surface area contributed by atoms with E-state index in [1.54, 1.807) is 0 Å². The summed E-state index contributed by atoms with van der Waals surface area (Å²) < 4.78 is 0. The topological polar surface area (TPSA) is 17.1 Å². The molecule has 0 fully saturated rings. The molecule has 1 nitrogen and oxygen atoms in total. The summed E-state index contributed by atoms with van der Waals surface area (Å²) >= 11 is 0. The molecule has 0 spiro atoms. The van der Waals surface area contributed by atoms with E-state index in [1.807, 2.05) is 0 Å². The van der Waals surface area contributed by atoms with Crippen LogP contribution in [0.1, 0.15) is 59.8 Å². The van der Waals surface area contributed by atoms with E-state index < -0.39 is 0 Å². The van der Waals surface area contributed by atoms with Crippen LogP contribution in [-0.2, 0) is 4.79 Å². The van der Waals surface area contributed by atoms with Gasteiger partial charge >= 0.3 is 0 Å². The van der Waals surface area contributed by atoms with Crippen molar-refractivity contribution < 1.29 is 4.79 Å². The zero-order valence-corrected chi connectivity index (χ0v) is 11.1. The third kappa shape index (κ3) is 3.96. The Morgan fingerprint density at radius 2 is 2.00 bits per heavy atom. The van der Waals surface area contributed by atoms with Crippen molar-refractivity contribution in [1.29, 1.82) is 0 Å². The number of rotatable bonds is 0. The van der Waals surface area contributed by atoms with E-state index in [4.69, 9.17) is 0 Å². The van der Waals surface area contributed by atoms with E-state index in [2.05, 4.69) is 33.8 Å². The maximum atomic E-state index is 12.1. The number of hydrogen-bond donors (Lipinski definition) is 0. The molecule has 0 amide bonds. The Bertz CT molecular complexity index is 316. The van der Waals surface area contributed by atoms with Gasteiger partial charge in [0.1, 0.15) is 0 Å². The van der Waals surface area contributed by atoms with Crippen molar-refractivity contribution in [2.24, 2.45) is 5.92 Å². The van der Waals surface area contributed by atoms with Crippen molar-refractivity contribution in [3.05, 3.63) is 22.8 Å². The van der Waals surface area contributed by atoms with E-state index in [1.165, 1.54) is 17.6 Å². The second-order valence-electron chi connectivity index (χ2n) is 5.35. The van der Waals surface area contributed by atoms with Crippen LogP contribution in [-0.4, -0.2) is 5.78 Å². The molecule has 16 heavy (non-hydrogen) atoms. The summed E-state index contributed by atoms with van der Waals surface area (Å²) in [7, 11) is 0. The summed E-state index contributed by atoms with van der Waals surface area (Å²) in [5, 5.41) is 0. The average Bonchev–Trinajstić information content (AvgIpc) is 2.16. The molecule has 0 heterocycles. The third-order valence-electron chi connectivity index (χ3n) is 3.42. The van der Waals surface area contributed by atoms with Gasteiger partial charge in [-0.05, 0) is 57.9 Å². The lowest BCUT2D eigenvalue weighted by molar-refractivity contribution is -0.115. The largest absolute Gasteiger partial charge is 0.294 e. The predicted molar refractivity (Wildman–Crippen MR) is 69.4 cm³/mol. The first-order chi connectivity index (χ1) is 7.50.